The Bertz CT molecular complexity index is 501. The van der Waals surface area contributed by atoms with Crippen LogP contribution in [0.3, 0.4) is 0 Å². The summed E-state index contributed by atoms with van der Waals surface area (Å²) in [4.78, 5) is 4.47. The first-order valence-electron chi connectivity index (χ1n) is 5.52. The molecule has 1 aliphatic heterocycles. The average Bonchev–Trinajstić information content (AvgIpc) is 2.73. The monoisotopic (exact) mass is 218 g/mol. The fourth-order valence-corrected chi connectivity index (χ4v) is 1.92. The third-order valence-corrected chi connectivity index (χ3v) is 2.76. The smallest absolute Gasteiger partial charge is 0.225 e. The first-order chi connectivity index (χ1) is 7.83. The maximum absolute atomic E-state index is 5.69. The lowest BCUT2D eigenvalue weighted by Crippen LogP contribution is -2.33. The maximum atomic E-state index is 5.69. The van der Waals surface area contributed by atoms with E-state index in [0.717, 1.165) is 24.2 Å². The van der Waals surface area contributed by atoms with E-state index in [-0.39, 0.29) is 6.10 Å². The topological polar surface area (TPSA) is 47.3 Å². The van der Waals surface area contributed by atoms with Crippen LogP contribution < -0.4 is 5.32 Å². The summed E-state index contributed by atoms with van der Waals surface area (Å²) in [6.45, 7) is 4.43. The molecule has 1 fully saturated rings. The summed E-state index contributed by atoms with van der Waals surface area (Å²) in [5.41, 5.74) is 2.92. The number of ether oxygens (including phenoxy) is 1. The molecule has 2 heterocycles. The van der Waals surface area contributed by atoms with Crippen LogP contribution >= 0.6 is 0 Å². The SMILES string of the molecule is Cc1ccc2oc(C3CNCCO3)nc2c1. The molecule has 0 saturated carbocycles. The number of nitrogens with zero attached hydrogens (tertiary/aromatic N) is 1. The third kappa shape index (κ3) is 1.70. The largest absolute Gasteiger partial charge is 0.438 e. The number of nitrogens with one attached hydrogen (secondary N) is 1. The van der Waals surface area contributed by atoms with Crippen molar-refractivity contribution in [2.75, 3.05) is 19.7 Å². The number of morpholine rings is 1. The molecule has 1 N–H and O–H groups in total. The van der Waals surface area contributed by atoms with Crippen molar-refractivity contribution < 1.29 is 9.15 Å². The first-order valence-corrected chi connectivity index (χ1v) is 5.52. The highest BCUT2D eigenvalue weighted by atomic mass is 16.5. The normalized spacial score (nSPS) is 21.4. The van der Waals surface area contributed by atoms with E-state index in [4.69, 9.17) is 9.15 Å². The predicted molar refractivity (Wildman–Crippen MR) is 60.3 cm³/mol. The number of benzene rings is 1. The molecule has 16 heavy (non-hydrogen) atoms. The molecular formula is C12H14N2O2. The molecule has 0 radical (unpaired) electrons. The van der Waals surface area contributed by atoms with Crippen molar-refractivity contribution >= 4 is 11.1 Å². The highest BCUT2D eigenvalue weighted by Gasteiger charge is 2.21. The van der Waals surface area contributed by atoms with Gasteiger partial charge >= 0.3 is 0 Å². The van der Waals surface area contributed by atoms with Gasteiger partial charge in [-0.1, -0.05) is 6.07 Å². The zero-order valence-electron chi connectivity index (χ0n) is 9.19. The minimum absolute atomic E-state index is 0.0542. The van der Waals surface area contributed by atoms with Crippen molar-refractivity contribution in [3.8, 4) is 0 Å². The number of aryl methyl sites for hydroxylation is 1. The van der Waals surface area contributed by atoms with Gasteiger partial charge in [-0.05, 0) is 24.6 Å². The molecule has 84 valence electrons. The second-order valence-electron chi connectivity index (χ2n) is 4.09. The molecule has 0 spiro atoms. The Morgan fingerprint density at radius 1 is 1.44 bits per heavy atom. The molecule has 0 amide bonds. The van der Waals surface area contributed by atoms with Crippen molar-refractivity contribution in [2.24, 2.45) is 0 Å². The van der Waals surface area contributed by atoms with Crippen molar-refractivity contribution in [2.45, 2.75) is 13.0 Å². The van der Waals surface area contributed by atoms with Crippen molar-refractivity contribution in [3.05, 3.63) is 29.7 Å². The van der Waals surface area contributed by atoms with Gasteiger partial charge in [-0.15, -0.1) is 0 Å². The lowest BCUT2D eigenvalue weighted by Gasteiger charge is -2.20. The van der Waals surface area contributed by atoms with Crippen molar-refractivity contribution in [3.63, 3.8) is 0 Å². The molecule has 1 saturated heterocycles. The molecule has 1 aliphatic rings. The van der Waals surface area contributed by atoms with Gasteiger partial charge in [-0.2, -0.15) is 0 Å². The van der Waals surface area contributed by atoms with Gasteiger partial charge in [0.2, 0.25) is 5.89 Å². The van der Waals surface area contributed by atoms with Crippen LogP contribution in [0.2, 0.25) is 0 Å². The molecule has 3 rings (SSSR count). The van der Waals surface area contributed by atoms with E-state index < -0.39 is 0 Å². The predicted octanol–water partition coefficient (Wildman–Crippen LogP) is 1.80. The molecular weight excluding hydrogens is 204 g/mol. The average molecular weight is 218 g/mol. The van der Waals surface area contributed by atoms with Gasteiger partial charge in [0.25, 0.3) is 0 Å². The van der Waals surface area contributed by atoms with Crippen LogP contribution in [0, 0.1) is 6.92 Å². The maximum Gasteiger partial charge on any atom is 0.225 e. The van der Waals surface area contributed by atoms with Gasteiger partial charge in [0.15, 0.2) is 5.58 Å². The summed E-state index contributed by atoms with van der Waals surface area (Å²) in [6, 6.07) is 6.01. The summed E-state index contributed by atoms with van der Waals surface area (Å²) >= 11 is 0. The minimum Gasteiger partial charge on any atom is -0.438 e. The van der Waals surface area contributed by atoms with Gasteiger partial charge in [0, 0.05) is 13.1 Å². The highest BCUT2D eigenvalue weighted by Crippen LogP contribution is 2.23. The van der Waals surface area contributed by atoms with E-state index in [0.29, 0.717) is 12.5 Å². The second kappa shape index (κ2) is 3.88. The Morgan fingerprint density at radius 2 is 2.38 bits per heavy atom. The summed E-state index contributed by atoms with van der Waals surface area (Å²) in [6.07, 6.45) is -0.0542. The number of hydrogen-bond acceptors (Lipinski definition) is 4. The van der Waals surface area contributed by atoms with Crippen molar-refractivity contribution in [1.29, 1.82) is 0 Å². The minimum atomic E-state index is -0.0542. The molecule has 4 nitrogen and oxygen atoms in total. The molecule has 1 unspecified atom stereocenters. The lowest BCUT2D eigenvalue weighted by molar-refractivity contribution is 0.0118. The van der Waals surface area contributed by atoms with Crippen LogP contribution in [-0.2, 0) is 4.74 Å². The van der Waals surface area contributed by atoms with Crippen LogP contribution in [0.4, 0.5) is 0 Å². The van der Waals surface area contributed by atoms with E-state index >= 15 is 0 Å². The molecule has 4 heteroatoms. The Morgan fingerprint density at radius 3 is 3.19 bits per heavy atom. The standard InChI is InChI=1S/C12H14N2O2/c1-8-2-3-10-9(6-8)14-12(16-10)11-7-13-4-5-15-11/h2-3,6,11,13H,4-5,7H2,1H3. The number of fused-ring (bicyclic) bond motifs is 1. The second-order valence-corrected chi connectivity index (χ2v) is 4.09. The number of hydrogen-bond donors (Lipinski definition) is 1. The van der Waals surface area contributed by atoms with Crippen LogP contribution in [-0.4, -0.2) is 24.7 Å². The van der Waals surface area contributed by atoms with Gasteiger partial charge in [-0.3, -0.25) is 0 Å². The van der Waals surface area contributed by atoms with E-state index in [9.17, 15) is 0 Å². The van der Waals surface area contributed by atoms with E-state index in [1.54, 1.807) is 0 Å². The van der Waals surface area contributed by atoms with E-state index in [1.165, 1.54) is 5.56 Å². The summed E-state index contributed by atoms with van der Waals surface area (Å²) in [5, 5.41) is 3.26. The van der Waals surface area contributed by atoms with E-state index in [1.807, 2.05) is 25.1 Å². The fourth-order valence-electron chi connectivity index (χ4n) is 1.92. The number of rotatable bonds is 1. The zero-order chi connectivity index (χ0) is 11.0. The summed E-state index contributed by atoms with van der Waals surface area (Å²) in [5.74, 6) is 0.674. The quantitative estimate of drug-likeness (QED) is 0.792. The van der Waals surface area contributed by atoms with Gasteiger partial charge in [-0.25, -0.2) is 4.98 Å². The number of aromatic nitrogens is 1. The van der Waals surface area contributed by atoms with Crippen LogP contribution in [0.25, 0.3) is 11.1 Å². The lowest BCUT2D eigenvalue weighted by atomic mass is 10.2. The summed E-state index contributed by atoms with van der Waals surface area (Å²) < 4.78 is 11.3. The Kier molecular flexibility index (Phi) is 2.38. The van der Waals surface area contributed by atoms with Crippen LogP contribution in [0.1, 0.15) is 17.6 Å². The first kappa shape index (κ1) is 9.81. The third-order valence-electron chi connectivity index (χ3n) is 2.76. The van der Waals surface area contributed by atoms with Crippen LogP contribution in [0.5, 0.6) is 0 Å². The molecule has 2 aromatic rings. The molecule has 1 aromatic carbocycles. The fraction of sp³-hybridized carbons (Fsp3) is 0.417. The highest BCUT2D eigenvalue weighted by molar-refractivity contribution is 5.73. The van der Waals surface area contributed by atoms with Gasteiger partial charge < -0.3 is 14.5 Å². The van der Waals surface area contributed by atoms with Crippen LogP contribution in [0.15, 0.2) is 22.6 Å². The zero-order valence-corrected chi connectivity index (χ0v) is 9.19. The number of oxazole rings is 1. The Hall–Kier alpha value is -1.39. The van der Waals surface area contributed by atoms with Gasteiger partial charge in [0.1, 0.15) is 11.6 Å². The molecule has 1 atom stereocenters. The molecule has 1 aromatic heterocycles. The Balaban J connectivity index is 1.97. The molecule has 0 aliphatic carbocycles. The van der Waals surface area contributed by atoms with Crippen molar-refractivity contribution in [1.82, 2.24) is 10.3 Å². The van der Waals surface area contributed by atoms with Gasteiger partial charge in [0.05, 0.1) is 6.61 Å². The Labute approximate surface area is 93.6 Å². The summed E-state index contributed by atoms with van der Waals surface area (Å²) in [7, 11) is 0. The molecule has 0 bridgehead atoms. The van der Waals surface area contributed by atoms with E-state index in [2.05, 4.69) is 10.3 Å².